The van der Waals surface area contributed by atoms with Gasteiger partial charge in [0.25, 0.3) is 5.91 Å². The van der Waals surface area contributed by atoms with Crippen molar-refractivity contribution in [2.75, 3.05) is 33.2 Å². The molecule has 1 fully saturated rings. The zero-order valence-corrected chi connectivity index (χ0v) is 16.6. The van der Waals surface area contributed by atoms with Crippen LogP contribution in [0.1, 0.15) is 29.3 Å². The molecule has 7 heteroatoms. The second kappa shape index (κ2) is 10.5. The molecule has 0 unspecified atom stereocenters. The third-order valence-electron chi connectivity index (χ3n) is 3.88. The zero-order chi connectivity index (χ0) is 16.7. The predicted octanol–water partition coefficient (Wildman–Crippen LogP) is 1.24. The summed E-state index contributed by atoms with van der Waals surface area (Å²) in [7, 11) is 1.63. The number of β-amino-alcohol motifs (C(OH)–C–C–N with tert-alkyl or cyclic N) is 1. The Morgan fingerprint density at radius 1 is 1.46 bits per heavy atom. The number of hydrogen-bond donors (Lipinski definition) is 3. The van der Waals surface area contributed by atoms with Crippen LogP contribution in [-0.4, -0.2) is 61.2 Å². The number of aliphatic hydroxyl groups is 1. The molecule has 1 saturated heterocycles. The van der Waals surface area contributed by atoms with E-state index in [2.05, 4.69) is 20.5 Å². The van der Waals surface area contributed by atoms with Crippen molar-refractivity contribution < 1.29 is 9.90 Å². The average Bonchev–Trinajstić information content (AvgIpc) is 3.00. The fraction of sp³-hybridized carbons (Fsp3) is 0.529. The standard InChI is InChI=1S/C17H26N4O2.HI/c1-3-19-17(21-10-8-15(22)12-21)20-9-7-13-5-4-6-14(11-13)16(23)18-2;/h4-6,11,15,22H,3,7-10,12H2,1-2H3,(H,18,23)(H,19,20);1H/t15-;/m1./s1. The quantitative estimate of drug-likeness (QED) is 0.362. The molecule has 0 aliphatic carbocycles. The van der Waals surface area contributed by atoms with Gasteiger partial charge in [0.1, 0.15) is 0 Å². The summed E-state index contributed by atoms with van der Waals surface area (Å²) in [6.07, 6.45) is 1.30. The van der Waals surface area contributed by atoms with Crippen molar-refractivity contribution >= 4 is 35.8 Å². The lowest BCUT2D eigenvalue weighted by molar-refractivity contribution is 0.0963. The Bertz CT molecular complexity index is 565. The van der Waals surface area contributed by atoms with Crippen molar-refractivity contribution in [3.63, 3.8) is 0 Å². The average molecular weight is 446 g/mol. The van der Waals surface area contributed by atoms with Crippen molar-refractivity contribution in [2.45, 2.75) is 25.9 Å². The highest BCUT2D eigenvalue weighted by Crippen LogP contribution is 2.10. The normalized spacial score (nSPS) is 17.4. The number of likely N-dealkylation sites (tertiary alicyclic amines) is 1. The summed E-state index contributed by atoms with van der Waals surface area (Å²) in [5.41, 5.74) is 1.76. The van der Waals surface area contributed by atoms with E-state index in [0.717, 1.165) is 37.5 Å². The summed E-state index contributed by atoms with van der Waals surface area (Å²) in [5, 5.41) is 15.6. The Balaban J connectivity index is 0.00000288. The maximum Gasteiger partial charge on any atom is 0.251 e. The number of carbonyl (C=O) groups is 1. The van der Waals surface area contributed by atoms with E-state index in [1.165, 1.54) is 0 Å². The number of amides is 1. The van der Waals surface area contributed by atoms with Gasteiger partial charge in [-0.15, -0.1) is 24.0 Å². The number of halogens is 1. The lowest BCUT2D eigenvalue weighted by atomic mass is 10.1. The fourth-order valence-corrected chi connectivity index (χ4v) is 2.66. The van der Waals surface area contributed by atoms with Crippen LogP contribution in [-0.2, 0) is 6.42 Å². The summed E-state index contributed by atoms with van der Waals surface area (Å²) in [5.74, 6) is 0.779. The molecule has 0 spiro atoms. The van der Waals surface area contributed by atoms with Gasteiger partial charge in [0.05, 0.1) is 6.10 Å². The Labute approximate surface area is 160 Å². The van der Waals surface area contributed by atoms with Crippen molar-refractivity contribution in [2.24, 2.45) is 4.99 Å². The van der Waals surface area contributed by atoms with Gasteiger partial charge in [-0.25, -0.2) is 0 Å². The number of carbonyl (C=O) groups excluding carboxylic acids is 1. The molecule has 134 valence electrons. The first-order valence-corrected chi connectivity index (χ1v) is 8.16. The molecule has 0 radical (unpaired) electrons. The number of nitrogens with one attached hydrogen (secondary N) is 2. The molecule has 6 nitrogen and oxygen atoms in total. The Hall–Kier alpha value is -1.35. The van der Waals surface area contributed by atoms with E-state index in [1.54, 1.807) is 13.1 Å². The molecule has 1 amide bonds. The molecular formula is C17H27IN4O2. The maximum absolute atomic E-state index is 11.7. The maximum atomic E-state index is 11.7. The van der Waals surface area contributed by atoms with Gasteiger partial charge in [0, 0.05) is 38.8 Å². The first-order chi connectivity index (χ1) is 11.1. The zero-order valence-electron chi connectivity index (χ0n) is 14.3. The summed E-state index contributed by atoms with van der Waals surface area (Å²) in [4.78, 5) is 18.4. The molecule has 1 atom stereocenters. The number of guanidine groups is 1. The highest BCUT2D eigenvalue weighted by Gasteiger charge is 2.22. The van der Waals surface area contributed by atoms with Gasteiger partial charge in [-0.2, -0.15) is 0 Å². The number of benzene rings is 1. The van der Waals surface area contributed by atoms with Crippen LogP contribution in [0.25, 0.3) is 0 Å². The first kappa shape index (κ1) is 20.7. The monoisotopic (exact) mass is 446 g/mol. The summed E-state index contributed by atoms with van der Waals surface area (Å²) in [6.45, 7) is 4.95. The van der Waals surface area contributed by atoms with Crippen LogP contribution < -0.4 is 10.6 Å². The van der Waals surface area contributed by atoms with Gasteiger partial charge >= 0.3 is 0 Å². The smallest absolute Gasteiger partial charge is 0.251 e. The molecule has 1 heterocycles. The van der Waals surface area contributed by atoms with Crippen molar-refractivity contribution in [1.82, 2.24) is 15.5 Å². The molecule has 24 heavy (non-hydrogen) atoms. The van der Waals surface area contributed by atoms with E-state index in [-0.39, 0.29) is 36.0 Å². The second-order valence-electron chi connectivity index (χ2n) is 5.65. The lowest BCUT2D eigenvalue weighted by Gasteiger charge is -2.20. The molecule has 0 saturated carbocycles. The number of aliphatic hydroxyl groups excluding tert-OH is 1. The lowest BCUT2D eigenvalue weighted by Crippen LogP contribution is -2.40. The summed E-state index contributed by atoms with van der Waals surface area (Å²) in [6, 6.07) is 7.61. The highest BCUT2D eigenvalue weighted by molar-refractivity contribution is 14.0. The third kappa shape index (κ3) is 5.94. The summed E-state index contributed by atoms with van der Waals surface area (Å²) < 4.78 is 0. The van der Waals surface area contributed by atoms with E-state index in [4.69, 9.17) is 0 Å². The minimum Gasteiger partial charge on any atom is -0.391 e. The molecule has 0 aromatic heterocycles. The van der Waals surface area contributed by atoms with Crippen LogP contribution >= 0.6 is 24.0 Å². The van der Waals surface area contributed by atoms with Crippen molar-refractivity contribution in [1.29, 1.82) is 0 Å². The summed E-state index contributed by atoms with van der Waals surface area (Å²) >= 11 is 0. The number of aliphatic imine (C=N–C) groups is 1. The van der Waals surface area contributed by atoms with Gasteiger partial charge in [0.15, 0.2) is 5.96 Å². The number of hydrogen-bond acceptors (Lipinski definition) is 3. The number of nitrogens with zero attached hydrogens (tertiary/aromatic N) is 2. The van der Waals surface area contributed by atoms with E-state index < -0.39 is 0 Å². The molecular weight excluding hydrogens is 419 g/mol. The van der Waals surface area contributed by atoms with Gasteiger partial charge in [-0.3, -0.25) is 9.79 Å². The Kier molecular flexibility index (Phi) is 9.05. The first-order valence-electron chi connectivity index (χ1n) is 8.16. The van der Waals surface area contributed by atoms with Crippen LogP contribution in [0.2, 0.25) is 0 Å². The van der Waals surface area contributed by atoms with E-state index >= 15 is 0 Å². The topological polar surface area (TPSA) is 77.0 Å². The molecule has 2 rings (SSSR count). The van der Waals surface area contributed by atoms with Gasteiger partial charge < -0.3 is 20.6 Å². The van der Waals surface area contributed by atoms with Crippen LogP contribution in [0, 0.1) is 0 Å². The molecule has 0 bridgehead atoms. The molecule has 3 N–H and O–H groups in total. The Morgan fingerprint density at radius 2 is 2.25 bits per heavy atom. The number of rotatable bonds is 5. The van der Waals surface area contributed by atoms with Gasteiger partial charge in [0.2, 0.25) is 0 Å². The minimum atomic E-state index is -0.261. The third-order valence-corrected chi connectivity index (χ3v) is 3.88. The van der Waals surface area contributed by atoms with Crippen LogP contribution in [0.15, 0.2) is 29.3 Å². The van der Waals surface area contributed by atoms with E-state index in [0.29, 0.717) is 18.7 Å². The molecule has 1 aromatic carbocycles. The second-order valence-corrected chi connectivity index (χ2v) is 5.65. The van der Waals surface area contributed by atoms with Crippen molar-refractivity contribution in [3.8, 4) is 0 Å². The SMILES string of the molecule is CCNC(=NCCc1cccc(C(=O)NC)c1)N1CC[C@@H](O)C1.I. The molecule has 1 aliphatic rings. The minimum absolute atomic E-state index is 0. The van der Waals surface area contributed by atoms with Crippen LogP contribution in [0.3, 0.4) is 0 Å². The molecule has 1 aliphatic heterocycles. The molecule has 1 aromatic rings. The van der Waals surface area contributed by atoms with Crippen molar-refractivity contribution in [3.05, 3.63) is 35.4 Å². The van der Waals surface area contributed by atoms with E-state index in [9.17, 15) is 9.90 Å². The Morgan fingerprint density at radius 3 is 2.88 bits per heavy atom. The van der Waals surface area contributed by atoms with Gasteiger partial charge in [-0.1, -0.05) is 12.1 Å². The fourth-order valence-electron chi connectivity index (χ4n) is 2.66. The largest absolute Gasteiger partial charge is 0.391 e. The predicted molar refractivity (Wildman–Crippen MR) is 107 cm³/mol. The van der Waals surface area contributed by atoms with Crippen LogP contribution in [0.4, 0.5) is 0 Å². The van der Waals surface area contributed by atoms with Crippen LogP contribution in [0.5, 0.6) is 0 Å². The van der Waals surface area contributed by atoms with Gasteiger partial charge in [-0.05, 0) is 37.5 Å². The van der Waals surface area contributed by atoms with E-state index in [1.807, 2.05) is 25.1 Å². The highest BCUT2D eigenvalue weighted by atomic mass is 127.